The normalized spacial score (nSPS) is 13.1. The van der Waals surface area contributed by atoms with Gasteiger partial charge in [0.25, 0.3) is 0 Å². The average Bonchev–Trinajstić information content (AvgIpc) is 1.64. The maximum Gasteiger partial charge on any atom is 0.0721 e. The fourth-order valence-electron chi connectivity index (χ4n) is 0.418. The van der Waals surface area contributed by atoms with Crippen molar-refractivity contribution < 1.29 is 5.11 Å². The van der Waals surface area contributed by atoms with Gasteiger partial charge in [0.15, 0.2) is 0 Å². The Labute approximate surface area is 51.0 Å². The Balaban J connectivity index is 4.00. The molecule has 0 aliphatic carbocycles. The van der Waals surface area contributed by atoms with Crippen LogP contribution in [0.25, 0.3) is 0 Å². The van der Waals surface area contributed by atoms with Gasteiger partial charge in [-0.1, -0.05) is 5.57 Å². The molecule has 0 aromatic rings. The lowest BCUT2D eigenvalue weighted by Crippen LogP contribution is -2.01. The van der Waals surface area contributed by atoms with Crippen LogP contribution < -0.4 is 0 Å². The van der Waals surface area contributed by atoms with Crippen LogP contribution in [0.3, 0.4) is 0 Å². The minimum absolute atomic E-state index is 0.278. The smallest absolute Gasteiger partial charge is 0.0721 e. The van der Waals surface area contributed by atoms with Crippen LogP contribution in [0.1, 0.15) is 27.7 Å². The van der Waals surface area contributed by atoms with Crippen molar-refractivity contribution in [1.82, 2.24) is 0 Å². The summed E-state index contributed by atoms with van der Waals surface area (Å²) in [4.78, 5) is 0. The molecule has 48 valence electrons. The Morgan fingerprint density at radius 1 is 1.25 bits per heavy atom. The average molecular weight is 114 g/mol. The Kier molecular flexibility index (Phi) is 2.77. The van der Waals surface area contributed by atoms with Crippen molar-refractivity contribution in [3.8, 4) is 0 Å². The Hall–Kier alpha value is -0.300. The summed E-state index contributed by atoms with van der Waals surface area (Å²) >= 11 is 0. The van der Waals surface area contributed by atoms with Crippen molar-refractivity contribution in [2.75, 3.05) is 0 Å². The van der Waals surface area contributed by atoms with Gasteiger partial charge >= 0.3 is 0 Å². The van der Waals surface area contributed by atoms with Crippen molar-refractivity contribution in [1.29, 1.82) is 0 Å². The molecule has 0 aliphatic rings. The molecule has 0 radical (unpaired) electrons. The monoisotopic (exact) mass is 114 g/mol. The van der Waals surface area contributed by atoms with Crippen molar-refractivity contribution in [2.45, 2.75) is 33.8 Å². The highest BCUT2D eigenvalue weighted by Crippen LogP contribution is 2.05. The molecular formula is C7H14O. The summed E-state index contributed by atoms with van der Waals surface area (Å²) in [5.41, 5.74) is 2.28. The molecule has 1 atom stereocenters. The van der Waals surface area contributed by atoms with Gasteiger partial charge in [0.1, 0.15) is 0 Å². The summed E-state index contributed by atoms with van der Waals surface area (Å²) in [5, 5.41) is 8.93. The van der Waals surface area contributed by atoms with E-state index in [-0.39, 0.29) is 6.10 Å². The molecule has 0 heterocycles. The zero-order valence-corrected chi connectivity index (χ0v) is 6.02. The molecule has 0 unspecified atom stereocenters. The molecule has 1 heteroatoms. The van der Waals surface area contributed by atoms with Gasteiger partial charge in [0.05, 0.1) is 6.10 Å². The molecule has 0 rings (SSSR count). The molecule has 0 aromatic carbocycles. The van der Waals surface area contributed by atoms with Gasteiger partial charge in [-0.2, -0.15) is 0 Å². The van der Waals surface area contributed by atoms with Gasteiger partial charge in [-0.25, -0.2) is 0 Å². The van der Waals surface area contributed by atoms with Crippen molar-refractivity contribution in [2.24, 2.45) is 0 Å². The number of hydrogen-bond donors (Lipinski definition) is 1. The largest absolute Gasteiger partial charge is 0.389 e. The Bertz CT molecular complexity index is 97.0. The zero-order valence-electron chi connectivity index (χ0n) is 6.02. The number of aliphatic hydroxyl groups is 1. The second-order valence-electron chi connectivity index (χ2n) is 2.36. The first-order chi connectivity index (χ1) is 3.55. The first-order valence-corrected chi connectivity index (χ1v) is 2.87. The van der Waals surface area contributed by atoms with E-state index in [1.54, 1.807) is 6.92 Å². The maximum atomic E-state index is 8.93. The molecule has 0 aliphatic heterocycles. The molecule has 0 bridgehead atoms. The number of hydrogen-bond acceptors (Lipinski definition) is 1. The van der Waals surface area contributed by atoms with E-state index in [1.807, 2.05) is 20.8 Å². The lowest BCUT2D eigenvalue weighted by Gasteiger charge is -2.04. The molecule has 1 N–H and O–H groups in total. The third kappa shape index (κ3) is 2.12. The lowest BCUT2D eigenvalue weighted by molar-refractivity contribution is 0.230. The highest BCUT2D eigenvalue weighted by atomic mass is 16.3. The predicted octanol–water partition coefficient (Wildman–Crippen LogP) is 1.72. The third-order valence-electron chi connectivity index (χ3n) is 1.42. The first-order valence-electron chi connectivity index (χ1n) is 2.87. The number of rotatable bonds is 1. The fourth-order valence-corrected chi connectivity index (χ4v) is 0.418. The summed E-state index contributed by atoms with van der Waals surface area (Å²) in [6.07, 6.45) is -0.278. The minimum Gasteiger partial charge on any atom is -0.389 e. The van der Waals surface area contributed by atoms with Crippen LogP contribution >= 0.6 is 0 Å². The van der Waals surface area contributed by atoms with Crippen LogP contribution in [-0.2, 0) is 0 Å². The molecule has 0 saturated carbocycles. The van der Waals surface area contributed by atoms with Crippen LogP contribution in [0.15, 0.2) is 11.1 Å². The molecule has 8 heavy (non-hydrogen) atoms. The van der Waals surface area contributed by atoms with Crippen LogP contribution in [0.4, 0.5) is 0 Å². The first kappa shape index (κ1) is 7.70. The molecule has 0 fully saturated rings. The summed E-state index contributed by atoms with van der Waals surface area (Å²) in [6, 6.07) is 0. The molecule has 0 spiro atoms. The van der Waals surface area contributed by atoms with Crippen LogP contribution in [0, 0.1) is 0 Å². The molecular weight excluding hydrogens is 100 g/mol. The quantitative estimate of drug-likeness (QED) is 0.515. The van der Waals surface area contributed by atoms with Gasteiger partial charge in [0, 0.05) is 0 Å². The third-order valence-corrected chi connectivity index (χ3v) is 1.42. The van der Waals surface area contributed by atoms with E-state index < -0.39 is 0 Å². The van der Waals surface area contributed by atoms with Crippen LogP contribution in [0.5, 0.6) is 0 Å². The van der Waals surface area contributed by atoms with Crippen LogP contribution in [0.2, 0.25) is 0 Å². The highest BCUT2D eigenvalue weighted by Gasteiger charge is 1.97. The van der Waals surface area contributed by atoms with Crippen molar-refractivity contribution in [3.05, 3.63) is 11.1 Å². The standard InChI is InChI=1S/C7H14O/c1-5(2)6(3)7(4)8/h7-8H,1-4H3/t7-/m0/s1. The number of allylic oxidation sites excluding steroid dienone is 1. The van der Waals surface area contributed by atoms with Crippen molar-refractivity contribution in [3.63, 3.8) is 0 Å². The highest BCUT2D eigenvalue weighted by molar-refractivity contribution is 5.10. The molecule has 0 aromatic heterocycles. The predicted molar refractivity (Wildman–Crippen MR) is 35.7 cm³/mol. The Morgan fingerprint density at radius 3 is 1.62 bits per heavy atom. The van der Waals surface area contributed by atoms with E-state index in [9.17, 15) is 0 Å². The zero-order chi connectivity index (χ0) is 6.73. The summed E-state index contributed by atoms with van der Waals surface area (Å²) in [5.74, 6) is 0. The molecule has 0 saturated heterocycles. The lowest BCUT2D eigenvalue weighted by atomic mass is 10.1. The van der Waals surface area contributed by atoms with E-state index in [0.717, 1.165) is 5.57 Å². The molecule has 0 amide bonds. The Morgan fingerprint density at radius 2 is 1.62 bits per heavy atom. The van der Waals surface area contributed by atoms with E-state index in [2.05, 4.69) is 0 Å². The fraction of sp³-hybridized carbons (Fsp3) is 0.714. The minimum atomic E-state index is -0.278. The van der Waals surface area contributed by atoms with Crippen LogP contribution in [-0.4, -0.2) is 11.2 Å². The van der Waals surface area contributed by atoms with E-state index in [4.69, 9.17) is 5.11 Å². The second-order valence-corrected chi connectivity index (χ2v) is 2.36. The van der Waals surface area contributed by atoms with Gasteiger partial charge in [-0.3, -0.25) is 0 Å². The van der Waals surface area contributed by atoms with Gasteiger partial charge in [0.2, 0.25) is 0 Å². The van der Waals surface area contributed by atoms with E-state index in [1.165, 1.54) is 5.57 Å². The van der Waals surface area contributed by atoms with Gasteiger partial charge < -0.3 is 5.11 Å². The summed E-state index contributed by atoms with van der Waals surface area (Å²) < 4.78 is 0. The topological polar surface area (TPSA) is 20.2 Å². The second kappa shape index (κ2) is 2.88. The SMILES string of the molecule is CC(C)=C(C)[C@H](C)O. The van der Waals surface area contributed by atoms with Gasteiger partial charge in [-0.15, -0.1) is 0 Å². The maximum absolute atomic E-state index is 8.93. The van der Waals surface area contributed by atoms with Crippen molar-refractivity contribution >= 4 is 0 Å². The van der Waals surface area contributed by atoms with Gasteiger partial charge in [-0.05, 0) is 33.3 Å². The number of aliphatic hydroxyl groups excluding tert-OH is 1. The summed E-state index contributed by atoms with van der Waals surface area (Å²) in [6.45, 7) is 7.73. The van der Waals surface area contributed by atoms with E-state index in [0.29, 0.717) is 0 Å². The van der Waals surface area contributed by atoms with E-state index >= 15 is 0 Å². The molecule has 1 nitrogen and oxygen atoms in total. The summed E-state index contributed by atoms with van der Waals surface area (Å²) in [7, 11) is 0.